The highest BCUT2D eigenvalue weighted by atomic mass is 35.5. The average Bonchev–Trinajstić information content (AvgIpc) is 3.16. The summed E-state index contributed by atoms with van der Waals surface area (Å²) < 4.78 is 6.75. The molecule has 5 nitrogen and oxygen atoms in total. The molecule has 172 valence electrons. The van der Waals surface area contributed by atoms with Gasteiger partial charge < -0.3 is 10.1 Å². The highest BCUT2D eigenvalue weighted by Crippen LogP contribution is 2.61. The minimum Gasteiger partial charge on any atom is -0.465 e. The van der Waals surface area contributed by atoms with E-state index in [1.165, 1.54) is 44.1 Å². The standard InChI is InChI=1S/C27H30ClN3O2/c1-2-33-26(32)16-31-25-11-22(5-3-20(25)15-29-31)30-24-6-4-21(10-23(24)28)27-12-17-7-18(13-27)9-19(8-17)14-27/h3-6,10-11,15,17-19,30H,2,7-9,12-14,16H2,1H3. The summed E-state index contributed by atoms with van der Waals surface area (Å²) in [4.78, 5) is 11.9. The molecular formula is C27H30ClN3O2. The number of carbonyl (C=O) groups excluding carboxylic acids is 1. The normalized spacial score (nSPS) is 27.8. The van der Waals surface area contributed by atoms with Crippen molar-refractivity contribution in [1.82, 2.24) is 9.78 Å². The molecule has 2 aromatic carbocycles. The third-order valence-electron chi connectivity index (χ3n) is 8.13. The molecule has 6 heteroatoms. The lowest BCUT2D eigenvalue weighted by Gasteiger charge is -2.57. The second-order valence-electron chi connectivity index (χ2n) is 10.4. The van der Waals surface area contributed by atoms with Gasteiger partial charge >= 0.3 is 5.97 Å². The number of fused-ring (bicyclic) bond motifs is 1. The van der Waals surface area contributed by atoms with E-state index >= 15 is 0 Å². The van der Waals surface area contributed by atoms with E-state index in [9.17, 15) is 4.79 Å². The molecule has 0 saturated heterocycles. The lowest BCUT2D eigenvalue weighted by Crippen LogP contribution is -2.48. The Balaban J connectivity index is 1.24. The molecule has 4 fully saturated rings. The van der Waals surface area contributed by atoms with Crippen LogP contribution < -0.4 is 5.32 Å². The van der Waals surface area contributed by atoms with Gasteiger partial charge in [0.25, 0.3) is 0 Å². The summed E-state index contributed by atoms with van der Waals surface area (Å²) in [5.41, 5.74) is 4.48. The predicted molar refractivity (Wildman–Crippen MR) is 131 cm³/mol. The number of esters is 1. The summed E-state index contributed by atoms with van der Waals surface area (Å²) in [6.07, 6.45) is 10.1. The van der Waals surface area contributed by atoms with E-state index in [0.717, 1.165) is 45.1 Å². The molecule has 1 heterocycles. The van der Waals surface area contributed by atoms with Gasteiger partial charge in [-0.25, -0.2) is 0 Å². The van der Waals surface area contributed by atoms with Gasteiger partial charge in [-0.3, -0.25) is 9.48 Å². The Morgan fingerprint density at radius 3 is 2.52 bits per heavy atom. The zero-order valence-electron chi connectivity index (χ0n) is 19.0. The zero-order chi connectivity index (χ0) is 22.6. The first-order valence-electron chi connectivity index (χ1n) is 12.2. The molecule has 4 saturated carbocycles. The number of benzene rings is 2. The lowest BCUT2D eigenvalue weighted by atomic mass is 9.48. The Morgan fingerprint density at radius 1 is 1.12 bits per heavy atom. The van der Waals surface area contributed by atoms with Crippen LogP contribution in [0.5, 0.6) is 0 Å². The first-order valence-corrected chi connectivity index (χ1v) is 12.6. The Morgan fingerprint density at radius 2 is 1.85 bits per heavy atom. The van der Waals surface area contributed by atoms with Crippen molar-refractivity contribution in [2.24, 2.45) is 17.8 Å². The quantitative estimate of drug-likeness (QED) is 0.426. The van der Waals surface area contributed by atoms with Crippen LogP contribution in [0.4, 0.5) is 11.4 Å². The van der Waals surface area contributed by atoms with Crippen LogP contribution in [0.2, 0.25) is 5.02 Å². The molecule has 1 aromatic heterocycles. The first-order chi connectivity index (χ1) is 16.0. The van der Waals surface area contributed by atoms with Gasteiger partial charge in [0, 0.05) is 11.1 Å². The number of hydrogen-bond acceptors (Lipinski definition) is 4. The lowest BCUT2D eigenvalue weighted by molar-refractivity contribution is -0.143. The maximum absolute atomic E-state index is 11.9. The van der Waals surface area contributed by atoms with Gasteiger partial charge in [0.05, 0.1) is 29.0 Å². The third kappa shape index (κ3) is 3.80. The van der Waals surface area contributed by atoms with Gasteiger partial charge in [0.15, 0.2) is 0 Å². The number of aromatic nitrogens is 2. The summed E-state index contributed by atoms with van der Waals surface area (Å²) in [6, 6.07) is 12.7. The minimum atomic E-state index is -0.288. The van der Waals surface area contributed by atoms with Gasteiger partial charge in [-0.2, -0.15) is 5.10 Å². The molecule has 4 aliphatic carbocycles. The molecule has 0 aliphatic heterocycles. The van der Waals surface area contributed by atoms with Gasteiger partial charge in [0.2, 0.25) is 0 Å². The molecule has 0 spiro atoms. The summed E-state index contributed by atoms with van der Waals surface area (Å²) in [5.74, 6) is 2.46. The van der Waals surface area contributed by atoms with Gasteiger partial charge in [-0.15, -0.1) is 0 Å². The van der Waals surface area contributed by atoms with Crippen LogP contribution in [0.3, 0.4) is 0 Å². The Bertz CT molecular complexity index is 1180. The fourth-order valence-electron chi connectivity index (χ4n) is 7.17. The topological polar surface area (TPSA) is 56.2 Å². The van der Waals surface area contributed by atoms with Crippen molar-refractivity contribution in [3.05, 3.63) is 53.2 Å². The van der Waals surface area contributed by atoms with Gasteiger partial charge in [-0.1, -0.05) is 17.7 Å². The van der Waals surface area contributed by atoms with Crippen LogP contribution >= 0.6 is 11.6 Å². The number of nitrogens with zero attached hydrogens (tertiary/aromatic N) is 2. The van der Waals surface area contributed by atoms with Crippen LogP contribution in [0, 0.1) is 17.8 Å². The second-order valence-corrected chi connectivity index (χ2v) is 10.8. The van der Waals surface area contributed by atoms with Crippen molar-refractivity contribution < 1.29 is 9.53 Å². The fraction of sp³-hybridized carbons (Fsp3) is 0.481. The van der Waals surface area contributed by atoms with E-state index in [4.69, 9.17) is 16.3 Å². The smallest absolute Gasteiger partial charge is 0.327 e. The molecule has 0 atom stereocenters. The summed E-state index contributed by atoms with van der Waals surface area (Å²) in [7, 11) is 0. The van der Waals surface area contributed by atoms with E-state index in [-0.39, 0.29) is 12.5 Å². The zero-order valence-corrected chi connectivity index (χ0v) is 19.8. The maximum Gasteiger partial charge on any atom is 0.327 e. The summed E-state index contributed by atoms with van der Waals surface area (Å²) >= 11 is 6.81. The number of carbonyl (C=O) groups is 1. The van der Waals surface area contributed by atoms with Crippen molar-refractivity contribution in [1.29, 1.82) is 0 Å². The predicted octanol–water partition coefficient (Wildman–Crippen LogP) is 6.46. The highest BCUT2D eigenvalue weighted by molar-refractivity contribution is 6.33. The SMILES string of the molecule is CCOC(=O)Cn1ncc2ccc(Nc3ccc(C45CC6CC(CC(C6)C4)C5)cc3Cl)cc21. The van der Waals surface area contributed by atoms with Crippen molar-refractivity contribution in [2.45, 2.75) is 57.4 Å². The Kier molecular flexibility index (Phi) is 5.13. The molecule has 0 unspecified atom stereocenters. The van der Waals surface area contributed by atoms with E-state index < -0.39 is 0 Å². The molecule has 33 heavy (non-hydrogen) atoms. The van der Waals surface area contributed by atoms with E-state index in [1.54, 1.807) is 17.8 Å². The second kappa shape index (κ2) is 8.05. The van der Waals surface area contributed by atoms with Gasteiger partial charge in [0.1, 0.15) is 6.54 Å². The summed E-state index contributed by atoms with van der Waals surface area (Å²) in [6.45, 7) is 2.27. The van der Waals surface area contributed by atoms with Crippen LogP contribution in [-0.2, 0) is 21.5 Å². The van der Waals surface area contributed by atoms with E-state index in [0.29, 0.717) is 12.0 Å². The number of rotatable bonds is 6. The molecule has 0 radical (unpaired) electrons. The van der Waals surface area contributed by atoms with E-state index in [2.05, 4.69) is 28.6 Å². The van der Waals surface area contributed by atoms with Crippen LogP contribution in [0.25, 0.3) is 10.9 Å². The molecule has 0 amide bonds. The van der Waals surface area contributed by atoms with Crippen LogP contribution in [0.1, 0.15) is 51.0 Å². The first kappa shape index (κ1) is 21.0. The van der Waals surface area contributed by atoms with Crippen molar-refractivity contribution in [2.75, 3.05) is 11.9 Å². The largest absolute Gasteiger partial charge is 0.465 e. The molecule has 4 bridgehead atoms. The Hall–Kier alpha value is -2.53. The van der Waals surface area contributed by atoms with Gasteiger partial charge in [-0.05, 0) is 105 Å². The monoisotopic (exact) mass is 463 g/mol. The van der Waals surface area contributed by atoms with Crippen molar-refractivity contribution >= 4 is 39.8 Å². The fourth-order valence-corrected chi connectivity index (χ4v) is 7.40. The molecule has 1 N–H and O–H groups in total. The summed E-state index contributed by atoms with van der Waals surface area (Å²) in [5, 5.41) is 9.57. The van der Waals surface area contributed by atoms with Crippen LogP contribution in [-0.4, -0.2) is 22.4 Å². The molecular weight excluding hydrogens is 434 g/mol. The molecule has 7 rings (SSSR count). The number of anilines is 2. The number of nitrogens with one attached hydrogen (secondary N) is 1. The van der Waals surface area contributed by atoms with Crippen molar-refractivity contribution in [3.8, 4) is 0 Å². The number of halogens is 1. The minimum absolute atomic E-state index is 0.0985. The maximum atomic E-state index is 11.9. The van der Waals surface area contributed by atoms with Crippen molar-refractivity contribution in [3.63, 3.8) is 0 Å². The average molecular weight is 464 g/mol. The van der Waals surface area contributed by atoms with Crippen LogP contribution in [0.15, 0.2) is 42.6 Å². The molecule has 3 aromatic rings. The third-order valence-corrected chi connectivity index (χ3v) is 8.44. The molecule has 4 aliphatic rings. The highest BCUT2D eigenvalue weighted by Gasteiger charge is 2.51. The number of hydrogen-bond donors (Lipinski definition) is 1. The number of ether oxygens (including phenoxy) is 1. The Labute approximate surface area is 199 Å². The van der Waals surface area contributed by atoms with E-state index in [1.807, 2.05) is 18.2 Å².